The van der Waals surface area contributed by atoms with E-state index in [9.17, 15) is 4.79 Å². The van der Waals surface area contributed by atoms with E-state index in [-0.39, 0.29) is 6.03 Å². The van der Waals surface area contributed by atoms with Crippen LogP contribution in [-0.4, -0.2) is 18.1 Å². The SMILES string of the molecule is COc1ccc(CNC(=O)Nc2cccc(C#Cc3ccccc3)c2)cn1. The molecule has 0 radical (unpaired) electrons. The van der Waals surface area contributed by atoms with Gasteiger partial charge in [0.15, 0.2) is 0 Å². The molecule has 0 bridgehead atoms. The Balaban J connectivity index is 1.57. The van der Waals surface area contributed by atoms with Gasteiger partial charge in [-0.25, -0.2) is 9.78 Å². The third-order valence-electron chi connectivity index (χ3n) is 3.71. The number of amides is 2. The van der Waals surface area contributed by atoms with Gasteiger partial charge in [0.05, 0.1) is 7.11 Å². The smallest absolute Gasteiger partial charge is 0.319 e. The zero-order valence-corrected chi connectivity index (χ0v) is 14.9. The minimum absolute atomic E-state index is 0.293. The number of hydrogen-bond acceptors (Lipinski definition) is 3. The Morgan fingerprint density at radius 1 is 1.00 bits per heavy atom. The van der Waals surface area contributed by atoms with Gasteiger partial charge in [0, 0.05) is 35.6 Å². The van der Waals surface area contributed by atoms with Crippen LogP contribution in [0, 0.1) is 11.8 Å². The molecular weight excluding hydrogens is 338 g/mol. The molecule has 134 valence electrons. The summed E-state index contributed by atoms with van der Waals surface area (Å²) >= 11 is 0. The number of nitrogens with zero attached hydrogens (tertiary/aromatic N) is 1. The second-order valence-corrected chi connectivity index (χ2v) is 5.71. The molecule has 3 rings (SSSR count). The predicted molar refractivity (Wildman–Crippen MR) is 106 cm³/mol. The van der Waals surface area contributed by atoms with Gasteiger partial charge in [0.2, 0.25) is 5.88 Å². The van der Waals surface area contributed by atoms with E-state index in [0.717, 1.165) is 16.7 Å². The fourth-order valence-corrected chi connectivity index (χ4v) is 2.33. The van der Waals surface area contributed by atoms with Crippen molar-refractivity contribution in [3.63, 3.8) is 0 Å². The largest absolute Gasteiger partial charge is 0.481 e. The summed E-state index contributed by atoms with van der Waals surface area (Å²) in [6.07, 6.45) is 1.67. The van der Waals surface area contributed by atoms with Crippen LogP contribution in [0.2, 0.25) is 0 Å². The van der Waals surface area contributed by atoms with E-state index < -0.39 is 0 Å². The highest BCUT2D eigenvalue weighted by atomic mass is 16.5. The summed E-state index contributed by atoms with van der Waals surface area (Å²) < 4.78 is 5.01. The normalized spacial score (nSPS) is 9.67. The molecule has 0 saturated heterocycles. The Hall–Kier alpha value is -3.78. The van der Waals surface area contributed by atoms with E-state index in [2.05, 4.69) is 27.5 Å². The number of aromatic nitrogens is 1. The molecule has 2 N–H and O–H groups in total. The van der Waals surface area contributed by atoms with Crippen LogP contribution in [0.3, 0.4) is 0 Å². The first-order valence-electron chi connectivity index (χ1n) is 8.44. The van der Waals surface area contributed by atoms with E-state index in [1.807, 2.05) is 60.7 Å². The second-order valence-electron chi connectivity index (χ2n) is 5.71. The maximum atomic E-state index is 12.1. The Kier molecular flexibility index (Phi) is 6.05. The Labute approximate surface area is 158 Å². The van der Waals surface area contributed by atoms with Gasteiger partial charge < -0.3 is 15.4 Å². The number of carbonyl (C=O) groups excluding carboxylic acids is 1. The standard InChI is InChI=1S/C22H19N3O2/c1-27-21-13-12-19(15-23-21)16-24-22(26)25-20-9-5-8-18(14-20)11-10-17-6-3-2-4-7-17/h2-9,12-15H,16H2,1H3,(H2,24,25,26). The van der Waals surface area contributed by atoms with Crippen LogP contribution in [0.25, 0.3) is 0 Å². The van der Waals surface area contributed by atoms with Crippen LogP contribution in [-0.2, 0) is 6.54 Å². The molecule has 2 amide bonds. The monoisotopic (exact) mass is 357 g/mol. The van der Waals surface area contributed by atoms with Crippen LogP contribution in [0.5, 0.6) is 5.88 Å². The fourth-order valence-electron chi connectivity index (χ4n) is 2.33. The van der Waals surface area contributed by atoms with E-state index in [1.54, 1.807) is 19.4 Å². The van der Waals surface area contributed by atoms with Crippen LogP contribution >= 0.6 is 0 Å². The maximum absolute atomic E-state index is 12.1. The summed E-state index contributed by atoms with van der Waals surface area (Å²) in [6, 6.07) is 20.5. The lowest BCUT2D eigenvalue weighted by Crippen LogP contribution is -2.28. The van der Waals surface area contributed by atoms with Crippen molar-refractivity contribution in [2.24, 2.45) is 0 Å². The number of methoxy groups -OCH3 is 1. The van der Waals surface area contributed by atoms with Gasteiger partial charge in [-0.2, -0.15) is 0 Å². The summed E-state index contributed by atoms with van der Waals surface area (Å²) in [5.74, 6) is 6.74. The summed E-state index contributed by atoms with van der Waals surface area (Å²) in [5.41, 5.74) is 3.34. The summed E-state index contributed by atoms with van der Waals surface area (Å²) in [7, 11) is 1.56. The van der Waals surface area contributed by atoms with Crippen LogP contribution in [0.1, 0.15) is 16.7 Å². The molecule has 3 aromatic rings. The molecule has 27 heavy (non-hydrogen) atoms. The predicted octanol–water partition coefficient (Wildman–Crippen LogP) is 3.81. The fraction of sp³-hybridized carbons (Fsp3) is 0.0909. The van der Waals surface area contributed by atoms with E-state index in [1.165, 1.54) is 0 Å². The molecule has 0 aliphatic rings. The molecular formula is C22H19N3O2. The van der Waals surface area contributed by atoms with Gasteiger partial charge in [0.1, 0.15) is 0 Å². The Morgan fingerprint density at radius 2 is 1.78 bits per heavy atom. The lowest BCUT2D eigenvalue weighted by atomic mass is 10.1. The van der Waals surface area contributed by atoms with Gasteiger partial charge in [-0.05, 0) is 35.9 Å². The third kappa shape index (κ3) is 5.62. The van der Waals surface area contributed by atoms with Crippen molar-refractivity contribution in [1.29, 1.82) is 0 Å². The topological polar surface area (TPSA) is 63.2 Å². The number of pyridine rings is 1. The van der Waals surface area contributed by atoms with Gasteiger partial charge in [-0.15, -0.1) is 0 Å². The average Bonchev–Trinajstić information content (AvgIpc) is 2.72. The first-order valence-corrected chi connectivity index (χ1v) is 8.44. The number of benzene rings is 2. The molecule has 5 nitrogen and oxygen atoms in total. The molecule has 0 saturated carbocycles. The highest BCUT2D eigenvalue weighted by molar-refractivity contribution is 5.89. The van der Waals surface area contributed by atoms with Crippen molar-refractivity contribution in [2.75, 3.05) is 12.4 Å². The molecule has 0 spiro atoms. The van der Waals surface area contributed by atoms with Gasteiger partial charge in [-0.1, -0.05) is 42.2 Å². The number of anilines is 1. The Bertz CT molecular complexity index is 958. The highest BCUT2D eigenvalue weighted by Crippen LogP contribution is 2.10. The summed E-state index contributed by atoms with van der Waals surface area (Å²) in [4.78, 5) is 16.2. The lowest BCUT2D eigenvalue weighted by molar-refractivity contribution is 0.251. The molecule has 0 aliphatic carbocycles. The van der Waals surface area contributed by atoms with Crippen molar-refractivity contribution in [2.45, 2.75) is 6.54 Å². The van der Waals surface area contributed by atoms with Gasteiger partial charge >= 0.3 is 6.03 Å². The van der Waals surface area contributed by atoms with Crippen molar-refractivity contribution in [3.05, 3.63) is 89.6 Å². The Morgan fingerprint density at radius 3 is 2.52 bits per heavy atom. The molecule has 5 heteroatoms. The van der Waals surface area contributed by atoms with Gasteiger partial charge in [0.25, 0.3) is 0 Å². The number of rotatable bonds is 4. The highest BCUT2D eigenvalue weighted by Gasteiger charge is 2.03. The molecule has 1 heterocycles. The number of ether oxygens (including phenoxy) is 1. The molecule has 0 fully saturated rings. The van der Waals surface area contributed by atoms with Crippen LogP contribution < -0.4 is 15.4 Å². The maximum Gasteiger partial charge on any atom is 0.319 e. The van der Waals surface area contributed by atoms with Crippen molar-refractivity contribution in [3.8, 4) is 17.7 Å². The zero-order valence-electron chi connectivity index (χ0n) is 14.9. The molecule has 0 aliphatic heterocycles. The van der Waals surface area contributed by atoms with E-state index in [0.29, 0.717) is 18.1 Å². The number of hydrogen-bond donors (Lipinski definition) is 2. The quantitative estimate of drug-likeness (QED) is 0.698. The first kappa shape index (κ1) is 18.0. The van der Waals surface area contributed by atoms with Crippen LogP contribution in [0.4, 0.5) is 10.5 Å². The van der Waals surface area contributed by atoms with Crippen molar-refractivity contribution >= 4 is 11.7 Å². The van der Waals surface area contributed by atoms with Crippen LogP contribution in [0.15, 0.2) is 72.9 Å². The molecule has 1 aromatic heterocycles. The van der Waals surface area contributed by atoms with E-state index >= 15 is 0 Å². The number of carbonyl (C=O) groups is 1. The van der Waals surface area contributed by atoms with Gasteiger partial charge in [-0.3, -0.25) is 0 Å². The molecule has 2 aromatic carbocycles. The first-order chi connectivity index (χ1) is 13.2. The number of urea groups is 1. The zero-order chi connectivity index (χ0) is 18.9. The summed E-state index contributed by atoms with van der Waals surface area (Å²) in [6.45, 7) is 0.371. The lowest BCUT2D eigenvalue weighted by Gasteiger charge is -2.08. The number of nitrogens with one attached hydrogen (secondary N) is 2. The van der Waals surface area contributed by atoms with Crippen molar-refractivity contribution < 1.29 is 9.53 Å². The molecule has 0 atom stereocenters. The molecule has 0 unspecified atom stereocenters. The minimum atomic E-state index is -0.293. The second kappa shape index (κ2) is 9.07. The van der Waals surface area contributed by atoms with Crippen molar-refractivity contribution in [1.82, 2.24) is 10.3 Å². The third-order valence-corrected chi connectivity index (χ3v) is 3.71. The van der Waals surface area contributed by atoms with E-state index in [4.69, 9.17) is 4.74 Å². The minimum Gasteiger partial charge on any atom is -0.481 e. The average molecular weight is 357 g/mol. The summed E-state index contributed by atoms with van der Waals surface area (Å²) in [5, 5.41) is 5.61.